The van der Waals surface area contributed by atoms with E-state index >= 15 is 0 Å². The summed E-state index contributed by atoms with van der Waals surface area (Å²) in [7, 11) is 1.57. The molecule has 1 heterocycles. The van der Waals surface area contributed by atoms with E-state index < -0.39 is 6.04 Å². The van der Waals surface area contributed by atoms with Gasteiger partial charge in [-0.2, -0.15) is 0 Å². The van der Waals surface area contributed by atoms with Crippen molar-refractivity contribution < 1.29 is 14.4 Å². The number of nitrogens with one attached hydrogen (secondary N) is 2. The van der Waals surface area contributed by atoms with Crippen molar-refractivity contribution >= 4 is 35.2 Å². The summed E-state index contributed by atoms with van der Waals surface area (Å²) in [5, 5.41) is 5.38. The predicted octanol–water partition coefficient (Wildman–Crippen LogP) is 1.30. The summed E-state index contributed by atoms with van der Waals surface area (Å²) in [5.41, 5.74) is 1.16. The number of amides is 3. The molecule has 3 amide bonds. The molecule has 122 valence electrons. The van der Waals surface area contributed by atoms with Gasteiger partial charge in [0.25, 0.3) is 5.91 Å². The van der Waals surface area contributed by atoms with Crippen LogP contribution in [0.4, 0.5) is 5.69 Å². The van der Waals surface area contributed by atoms with Gasteiger partial charge in [0.2, 0.25) is 11.8 Å². The van der Waals surface area contributed by atoms with Crippen LogP contribution in [0.3, 0.4) is 0 Å². The van der Waals surface area contributed by atoms with Crippen LogP contribution >= 0.6 is 11.8 Å². The van der Waals surface area contributed by atoms with E-state index in [-0.39, 0.29) is 23.6 Å². The summed E-state index contributed by atoms with van der Waals surface area (Å²) in [6.45, 7) is 0. The normalized spacial score (nSPS) is 20.2. The molecular formula is C16H19N3O3S. The topological polar surface area (TPSA) is 78.5 Å². The second-order valence-corrected chi connectivity index (χ2v) is 6.74. The van der Waals surface area contributed by atoms with Gasteiger partial charge < -0.3 is 15.5 Å². The van der Waals surface area contributed by atoms with Crippen LogP contribution in [0.15, 0.2) is 24.3 Å². The number of anilines is 1. The molecule has 2 N–H and O–H groups in total. The minimum atomic E-state index is -0.410. The van der Waals surface area contributed by atoms with Crippen LogP contribution in [0, 0.1) is 5.92 Å². The van der Waals surface area contributed by atoms with Gasteiger partial charge in [0.1, 0.15) is 6.04 Å². The van der Waals surface area contributed by atoms with Crippen LogP contribution in [-0.2, 0) is 9.59 Å². The Balaban J connectivity index is 1.63. The Morgan fingerprint density at radius 2 is 1.87 bits per heavy atom. The Bertz CT molecular complexity index is 628. The first-order valence-corrected chi connectivity index (χ1v) is 8.77. The molecule has 0 spiro atoms. The van der Waals surface area contributed by atoms with Crippen molar-refractivity contribution in [1.29, 1.82) is 0 Å². The third kappa shape index (κ3) is 3.50. The molecule has 7 heteroatoms. The van der Waals surface area contributed by atoms with Crippen molar-refractivity contribution in [2.45, 2.75) is 18.9 Å². The SMILES string of the molecule is CNC(=O)c1ccc(NC(=O)[C@H]2CSCN2C(=O)C2CC2)cc1. The highest BCUT2D eigenvalue weighted by molar-refractivity contribution is 7.99. The molecule has 1 atom stereocenters. The van der Waals surface area contributed by atoms with Crippen molar-refractivity contribution in [3.63, 3.8) is 0 Å². The van der Waals surface area contributed by atoms with Crippen molar-refractivity contribution in [2.24, 2.45) is 5.92 Å². The minimum absolute atomic E-state index is 0.102. The summed E-state index contributed by atoms with van der Waals surface area (Å²) < 4.78 is 0. The predicted molar refractivity (Wildman–Crippen MR) is 89.1 cm³/mol. The lowest BCUT2D eigenvalue weighted by atomic mass is 10.2. The molecule has 1 aliphatic heterocycles. The first kappa shape index (κ1) is 15.9. The first-order chi connectivity index (χ1) is 11.1. The van der Waals surface area contributed by atoms with Gasteiger partial charge in [-0.1, -0.05) is 0 Å². The van der Waals surface area contributed by atoms with E-state index in [0.717, 1.165) is 12.8 Å². The van der Waals surface area contributed by atoms with E-state index in [0.29, 0.717) is 22.9 Å². The Morgan fingerprint density at radius 3 is 2.48 bits per heavy atom. The summed E-state index contributed by atoms with van der Waals surface area (Å²) >= 11 is 1.60. The molecule has 0 unspecified atom stereocenters. The fourth-order valence-corrected chi connectivity index (χ4v) is 3.68. The van der Waals surface area contributed by atoms with Crippen LogP contribution in [0.25, 0.3) is 0 Å². The number of hydrogen-bond donors (Lipinski definition) is 2. The van der Waals surface area contributed by atoms with E-state index in [1.165, 1.54) is 0 Å². The molecule has 1 saturated carbocycles. The van der Waals surface area contributed by atoms with Gasteiger partial charge in [0.15, 0.2) is 0 Å². The van der Waals surface area contributed by atoms with Crippen LogP contribution in [0.1, 0.15) is 23.2 Å². The van der Waals surface area contributed by atoms with Crippen molar-refractivity contribution in [2.75, 3.05) is 24.0 Å². The van der Waals surface area contributed by atoms with Crippen LogP contribution in [-0.4, -0.2) is 47.3 Å². The molecule has 2 aliphatic rings. The average molecular weight is 333 g/mol. The van der Waals surface area contributed by atoms with Gasteiger partial charge in [-0.25, -0.2) is 0 Å². The van der Waals surface area contributed by atoms with Gasteiger partial charge in [0.05, 0.1) is 5.88 Å². The van der Waals surface area contributed by atoms with Gasteiger partial charge in [-0.05, 0) is 37.1 Å². The summed E-state index contributed by atoms with van der Waals surface area (Å²) in [5.74, 6) is 1.10. The number of rotatable bonds is 4. The largest absolute Gasteiger partial charge is 0.355 e. The molecule has 0 aromatic heterocycles. The second kappa shape index (κ2) is 6.62. The van der Waals surface area contributed by atoms with Crippen LogP contribution < -0.4 is 10.6 Å². The third-order valence-corrected chi connectivity index (χ3v) is 5.05. The van der Waals surface area contributed by atoms with Crippen molar-refractivity contribution in [3.05, 3.63) is 29.8 Å². The molecule has 1 aromatic carbocycles. The molecule has 1 aliphatic carbocycles. The highest BCUT2D eigenvalue weighted by atomic mass is 32.2. The summed E-state index contributed by atoms with van der Waals surface area (Å²) in [4.78, 5) is 37.9. The van der Waals surface area contributed by atoms with Gasteiger partial charge in [0, 0.05) is 30.0 Å². The maximum atomic E-state index is 12.4. The highest BCUT2D eigenvalue weighted by Crippen LogP contribution is 2.34. The number of carbonyl (C=O) groups is 3. The first-order valence-electron chi connectivity index (χ1n) is 7.61. The van der Waals surface area contributed by atoms with Crippen LogP contribution in [0.5, 0.6) is 0 Å². The molecule has 0 radical (unpaired) electrons. The Kier molecular flexibility index (Phi) is 4.56. The minimum Gasteiger partial charge on any atom is -0.355 e. The van der Waals surface area contributed by atoms with E-state index in [2.05, 4.69) is 10.6 Å². The fourth-order valence-electron chi connectivity index (χ4n) is 2.52. The molecule has 0 bridgehead atoms. The number of thioether (sulfide) groups is 1. The molecule has 2 fully saturated rings. The number of carbonyl (C=O) groups excluding carboxylic acids is 3. The lowest BCUT2D eigenvalue weighted by molar-refractivity contribution is -0.137. The lowest BCUT2D eigenvalue weighted by Gasteiger charge is -2.23. The van der Waals surface area contributed by atoms with E-state index in [4.69, 9.17) is 0 Å². The number of nitrogens with zero attached hydrogens (tertiary/aromatic N) is 1. The monoisotopic (exact) mass is 333 g/mol. The van der Waals surface area contributed by atoms with Crippen molar-refractivity contribution in [1.82, 2.24) is 10.2 Å². The average Bonchev–Trinajstić information content (AvgIpc) is 3.30. The summed E-state index contributed by atoms with van der Waals surface area (Å²) in [6, 6.07) is 6.29. The molecule has 6 nitrogen and oxygen atoms in total. The second-order valence-electron chi connectivity index (χ2n) is 5.74. The van der Waals surface area contributed by atoms with Gasteiger partial charge in [-0.3, -0.25) is 14.4 Å². The molecule has 3 rings (SSSR count). The van der Waals surface area contributed by atoms with E-state index in [9.17, 15) is 14.4 Å². The zero-order valence-corrected chi connectivity index (χ0v) is 13.7. The Morgan fingerprint density at radius 1 is 1.17 bits per heavy atom. The zero-order valence-electron chi connectivity index (χ0n) is 12.9. The lowest BCUT2D eigenvalue weighted by Crippen LogP contribution is -2.45. The maximum Gasteiger partial charge on any atom is 0.251 e. The highest BCUT2D eigenvalue weighted by Gasteiger charge is 2.41. The summed E-state index contributed by atoms with van der Waals surface area (Å²) in [6.07, 6.45) is 1.88. The standard InChI is InChI=1S/C16H19N3O3S/c1-17-14(20)10-4-6-12(7-5-10)18-15(21)13-8-23-9-19(13)16(22)11-2-3-11/h4-7,11,13H,2-3,8-9H2,1H3,(H,17,20)(H,18,21)/t13-/m1/s1. The molecular weight excluding hydrogens is 314 g/mol. The van der Waals surface area contributed by atoms with E-state index in [1.54, 1.807) is 48.0 Å². The molecule has 1 aromatic rings. The molecule has 23 heavy (non-hydrogen) atoms. The maximum absolute atomic E-state index is 12.4. The zero-order chi connectivity index (χ0) is 16.4. The number of hydrogen-bond acceptors (Lipinski definition) is 4. The van der Waals surface area contributed by atoms with Gasteiger partial charge in [-0.15, -0.1) is 11.8 Å². The Hall–Kier alpha value is -2.02. The number of benzene rings is 1. The smallest absolute Gasteiger partial charge is 0.251 e. The van der Waals surface area contributed by atoms with Crippen molar-refractivity contribution in [3.8, 4) is 0 Å². The third-order valence-electron chi connectivity index (χ3n) is 4.04. The molecule has 1 saturated heterocycles. The Labute approximate surface area is 139 Å². The van der Waals surface area contributed by atoms with Gasteiger partial charge >= 0.3 is 0 Å². The van der Waals surface area contributed by atoms with E-state index in [1.807, 2.05) is 0 Å². The fraction of sp³-hybridized carbons (Fsp3) is 0.438. The van der Waals surface area contributed by atoms with Crippen LogP contribution in [0.2, 0.25) is 0 Å². The quantitative estimate of drug-likeness (QED) is 0.870.